The van der Waals surface area contributed by atoms with E-state index in [0.29, 0.717) is 17.9 Å². The molecule has 0 amide bonds. The molecule has 0 N–H and O–H groups in total. The molecule has 0 saturated heterocycles. The molecular weight excluding hydrogens is 303 g/mol. The monoisotopic (exact) mass is 312 g/mol. The largest absolute Gasteiger partial charge is 0.455 e. The highest BCUT2D eigenvalue weighted by molar-refractivity contribution is 9.10. The van der Waals surface area contributed by atoms with Crippen molar-refractivity contribution in [3.05, 3.63) is 57.7 Å². The van der Waals surface area contributed by atoms with Gasteiger partial charge < -0.3 is 9.15 Å². The molecule has 0 atom stereocenters. The minimum absolute atomic E-state index is 0.209. The zero-order valence-corrected chi connectivity index (χ0v) is 11.2. The highest BCUT2D eigenvalue weighted by atomic mass is 79.9. The molecule has 0 aliphatic heterocycles. The van der Waals surface area contributed by atoms with E-state index in [1.165, 1.54) is 18.2 Å². The molecule has 0 fully saturated rings. The van der Waals surface area contributed by atoms with E-state index < -0.39 is 5.82 Å². The summed E-state index contributed by atoms with van der Waals surface area (Å²) >= 11 is 3.04. The van der Waals surface area contributed by atoms with Crippen molar-refractivity contribution in [3.8, 4) is 0 Å². The second kappa shape index (κ2) is 5.46. The predicted molar refractivity (Wildman–Crippen MR) is 67.0 cm³/mol. The second-order valence-corrected chi connectivity index (χ2v) is 4.51. The summed E-state index contributed by atoms with van der Waals surface area (Å²) in [4.78, 5) is 12.0. The van der Waals surface area contributed by atoms with Crippen LogP contribution in [0, 0.1) is 5.82 Å². The second-order valence-electron chi connectivity index (χ2n) is 3.66. The topological polar surface area (TPSA) is 39.4 Å². The maximum absolute atomic E-state index is 13.1. The molecule has 1 heterocycles. The van der Waals surface area contributed by atoms with Crippen LogP contribution in [0.1, 0.15) is 21.9 Å². The first kappa shape index (κ1) is 13.0. The smallest absolute Gasteiger partial charge is 0.228 e. The van der Waals surface area contributed by atoms with E-state index >= 15 is 0 Å². The van der Waals surface area contributed by atoms with E-state index in [0.717, 1.165) is 0 Å². The van der Waals surface area contributed by atoms with E-state index in [4.69, 9.17) is 9.15 Å². The van der Waals surface area contributed by atoms with Crippen LogP contribution in [0.25, 0.3) is 0 Å². The number of hydrogen-bond donors (Lipinski definition) is 0. The summed E-state index contributed by atoms with van der Waals surface area (Å²) in [6.07, 6.45) is 0. The molecule has 0 aliphatic carbocycles. The Hall–Kier alpha value is -1.46. The van der Waals surface area contributed by atoms with Gasteiger partial charge in [0.1, 0.15) is 18.2 Å². The van der Waals surface area contributed by atoms with Crippen LogP contribution >= 0.6 is 15.9 Å². The minimum atomic E-state index is -0.411. The van der Waals surface area contributed by atoms with Crippen LogP contribution in [0.15, 0.2) is 39.2 Å². The van der Waals surface area contributed by atoms with Crippen molar-refractivity contribution < 1.29 is 18.3 Å². The number of methoxy groups -OCH3 is 1. The van der Waals surface area contributed by atoms with Crippen LogP contribution < -0.4 is 0 Å². The standard InChI is InChI=1S/C13H10BrFO3/c1-17-7-9-3-5-12(18-9)13(16)8-2-4-11(15)10(14)6-8/h2-6H,7H2,1H3. The summed E-state index contributed by atoms with van der Waals surface area (Å²) in [5, 5.41) is 0. The van der Waals surface area contributed by atoms with Gasteiger partial charge in [0, 0.05) is 12.7 Å². The van der Waals surface area contributed by atoms with Crippen molar-refractivity contribution in [1.29, 1.82) is 0 Å². The van der Waals surface area contributed by atoms with E-state index in [9.17, 15) is 9.18 Å². The molecule has 0 bridgehead atoms. The average molecular weight is 313 g/mol. The van der Waals surface area contributed by atoms with E-state index in [-0.39, 0.29) is 16.0 Å². The van der Waals surface area contributed by atoms with E-state index in [1.54, 1.807) is 19.2 Å². The number of benzene rings is 1. The van der Waals surface area contributed by atoms with Gasteiger partial charge in [-0.25, -0.2) is 4.39 Å². The fraction of sp³-hybridized carbons (Fsp3) is 0.154. The van der Waals surface area contributed by atoms with Gasteiger partial charge in [0.2, 0.25) is 5.78 Å². The number of hydrogen-bond acceptors (Lipinski definition) is 3. The summed E-state index contributed by atoms with van der Waals surface area (Å²) in [5.41, 5.74) is 0.363. The molecular formula is C13H10BrFO3. The molecule has 0 aliphatic rings. The molecule has 2 aromatic rings. The van der Waals surface area contributed by atoms with Gasteiger partial charge in [-0.3, -0.25) is 4.79 Å². The summed E-state index contributed by atoms with van der Waals surface area (Å²) in [6, 6.07) is 7.33. The lowest BCUT2D eigenvalue weighted by Gasteiger charge is -2.00. The minimum Gasteiger partial charge on any atom is -0.455 e. The number of halogens is 2. The van der Waals surface area contributed by atoms with Crippen molar-refractivity contribution >= 4 is 21.7 Å². The van der Waals surface area contributed by atoms with E-state index in [1.807, 2.05) is 0 Å². The molecule has 0 spiro atoms. The predicted octanol–water partition coefficient (Wildman–Crippen LogP) is 3.56. The maximum atomic E-state index is 13.1. The van der Waals surface area contributed by atoms with E-state index in [2.05, 4.69) is 15.9 Å². The summed E-state index contributed by atoms with van der Waals surface area (Å²) in [5.74, 6) is 0.0757. The fourth-order valence-corrected chi connectivity index (χ4v) is 1.88. The molecule has 18 heavy (non-hydrogen) atoms. The molecule has 1 aromatic heterocycles. The van der Waals surface area contributed by atoms with Crippen LogP contribution in [-0.4, -0.2) is 12.9 Å². The Morgan fingerprint density at radius 3 is 2.83 bits per heavy atom. The van der Waals surface area contributed by atoms with Crippen LogP contribution in [0.4, 0.5) is 4.39 Å². The Balaban J connectivity index is 2.26. The maximum Gasteiger partial charge on any atom is 0.228 e. The van der Waals surface area contributed by atoms with Crippen molar-refractivity contribution in [2.45, 2.75) is 6.61 Å². The van der Waals surface area contributed by atoms with Crippen molar-refractivity contribution in [2.24, 2.45) is 0 Å². The first-order valence-electron chi connectivity index (χ1n) is 5.19. The lowest BCUT2D eigenvalue weighted by atomic mass is 10.1. The van der Waals surface area contributed by atoms with Gasteiger partial charge in [0.15, 0.2) is 5.76 Å². The first-order valence-corrected chi connectivity index (χ1v) is 5.98. The molecule has 1 aromatic carbocycles. The molecule has 94 valence electrons. The van der Waals surface area contributed by atoms with Gasteiger partial charge in [-0.1, -0.05) is 0 Å². The number of ketones is 1. The molecule has 3 nitrogen and oxygen atoms in total. The third-order valence-corrected chi connectivity index (χ3v) is 2.96. The molecule has 5 heteroatoms. The van der Waals surface area contributed by atoms with Crippen molar-refractivity contribution in [3.63, 3.8) is 0 Å². The van der Waals surface area contributed by atoms with Gasteiger partial charge in [0.25, 0.3) is 0 Å². The van der Waals surface area contributed by atoms with Gasteiger partial charge >= 0.3 is 0 Å². The van der Waals surface area contributed by atoms with Gasteiger partial charge in [-0.15, -0.1) is 0 Å². The number of carbonyl (C=O) groups is 1. The molecule has 0 unspecified atom stereocenters. The number of rotatable bonds is 4. The fourth-order valence-electron chi connectivity index (χ4n) is 1.50. The summed E-state index contributed by atoms with van der Waals surface area (Å²) in [7, 11) is 1.54. The Bertz CT molecular complexity index is 577. The van der Waals surface area contributed by atoms with Crippen LogP contribution in [0.3, 0.4) is 0 Å². The van der Waals surface area contributed by atoms with Crippen molar-refractivity contribution in [1.82, 2.24) is 0 Å². The zero-order valence-electron chi connectivity index (χ0n) is 9.57. The highest BCUT2D eigenvalue weighted by Crippen LogP contribution is 2.20. The van der Waals surface area contributed by atoms with Crippen LogP contribution in [0.5, 0.6) is 0 Å². The van der Waals surface area contributed by atoms with Gasteiger partial charge in [0.05, 0.1) is 4.47 Å². The number of ether oxygens (including phenoxy) is 1. The summed E-state index contributed by atoms with van der Waals surface area (Å²) < 4.78 is 23.5. The SMILES string of the molecule is COCc1ccc(C(=O)c2ccc(F)c(Br)c2)o1. The highest BCUT2D eigenvalue weighted by Gasteiger charge is 2.15. The summed E-state index contributed by atoms with van der Waals surface area (Å²) in [6.45, 7) is 0.306. The Kier molecular flexibility index (Phi) is 3.93. The number of furan rings is 1. The van der Waals surface area contributed by atoms with Crippen LogP contribution in [0.2, 0.25) is 0 Å². The third-order valence-electron chi connectivity index (χ3n) is 2.35. The number of carbonyl (C=O) groups excluding carboxylic acids is 1. The van der Waals surface area contributed by atoms with Crippen molar-refractivity contribution in [2.75, 3.05) is 7.11 Å². The van der Waals surface area contributed by atoms with Gasteiger partial charge in [-0.05, 0) is 46.3 Å². The average Bonchev–Trinajstić information content (AvgIpc) is 2.81. The molecule has 0 saturated carbocycles. The first-order chi connectivity index (χ1) is 8.61. The third kappa shape index (κ3) is 2.68. The normalized spacial score (nSPS) is 10.6. The molecule has 2 rings (SSSR count). The Morgan fingerprint density at radius 2 is 2.17 bits per heavy atom. The Morgan fingerprint density at radius 1 is 1.39 bits per heavy atom. The lowest BCUT2D eigenvalue weighted by molar-refractivity contribution is 0.0999. The zero-order chi connectivity index (χ0) is 13.1. The molecule has 0 radical (unpaired) electrons. The quantitative estimate of drug-likeness (QED) is 0.810. The lowest BCUT2D eigenvalue weighted by Crippen LogP contribution is -2.00. The Labute approximate surface area is 112 Å². The van der Waals surface area contributed by atoms with Crippen LogP contribution in [-0.2, 0) is 11.3 Å². The van der Waals surface area contributed by atoms with Gasteiger partial charge in [-0.2, -0.15) is 0 Å².